The average molecular weight is 233 g/mol. The highest BCUT2D eigenvalue weighted by Gasteiger charge is 2.17. The van der Waals surface area contributed by atoms with Crippen molar-refractivity contribution in [2.45, 2.75) is 19.3 Å². The van der Waals surface area contributed by atoms with Gasteiger partial charge in [0.1, 0.15) is 0 Å². The molecular formula is C13H19N3O. The molecule has 0 aromatic carbocycles. The second-order valence-corrected chi connectivity index (χ2v) is 4.52. The molecule has 0 bridgehead atoms. The smallest absolute Gasteiger partial charge is 0.220 e. The van der Waals surface area contributed by atoms with Crippen molar-refractivity contribution < 1.29 is 4.79 Å². The second kappa shape index (κ2) is 6.35. The van der Waals surface area contributed by atoms with Crippen molar-refractivity contribution in [3.63, 3.8) is 0 Å². The number of hydrogen-bond donors (Lipinski definition) is 2. The molecule has 1 fully saturated rings. The Bertz CT molecular complexity index is 347. The molecular weight excluding hydrogens is 214 g/mol. The third kappa shape index (κ3) is 4.15. The van der Waals surface area contributed by atoms with E-state index in [1.807, 2.05) is 18.3 Å². The van der Waals surface area contributed by atoms with Gasteiger partial charge in [-0.2, -0.15) is 0 Å². The molecule has 2 heterocycles. The van der Waals surface area contributed by atoms with E-state index in [1.165, 1.54) is 0 Å². The van der Waals surface area contributed by atoms with E-state index < -0.39 is 0 Å². The van der Waals surface area contributed by atoms with Crippen LogP contribution in [0.1, 0.15) is 18.4 Å². The summed E-state index contributed by atoms with van der Waals surface area (Å²) >= 11 is 0. The van der Waals surface area contributed by atoms with Gasteiger partial charge in [-0.1, -0.05) is 6.07 Å². The highest BCUT2D eigenvalue weighted by molar-refractivity contribution is 5.76. The predicted molar refractivity (Wildman–Crippen MR) is 66.5 cm³/mol. The molecule has 4 nitrogen and oxygen atoms in total. The van der Waals surface area contributed by atoms with Gasteiger partial charge in [0.15, 0.2) is 0 Å². The van der Waals surface area contributed by atoms with Crippen molar-refractivity contribution in [2.75, 3.05) is 19.6 Å². The summed E-state index contributed by atoms with van der Waals surface area (Å²) < 4.78 is 0. The predicted octanol–water partition coefficient (Wildman–Crippen LogP) is 0.740. The molecule has 1 aliphatic heterocycles. The van der Waals surface area contributed by atoms with Crippen molar-refractivity contribution in [1.82, 2.24) is 15.6 Å². The summed E-state index contributed by atoms with van der Waals surface area (Å²) in [4.78, 5) is 15.7. The topological polar surface area (TPSA) is 54.0 Å². The largest absolute Gasteiger partial charge is 0.356 e. The van der Waals surface area contributed by atoms with Crippen molar-refractivity contribution in [3.8, 4) is 0 Å². The maximum Gasteiger partial charge on any atom is 0.220 e. The summed E-state index contributed by atoms with van der Waals surface area (Å²) in [7, 11) is 0. The third-order valence-corrected chi connectivity index (χ3v) is 3.10. The van der Waals surface area contributed by atoms with Gasteiger partial charge in [0, 0.05) is 25.4 Å². The first-order chi connectivity index (χ1) is 8.34. The molecule has 1 unspecified atom stereocenters. The van der Waals surface area contributed by atoms with Gasteiger partial charge in [-0.15, -0.1) is 0 Å². The van der Waals surface area contributed by atoms with E-state index in [2.05, 4.69) is 15.6 Å². The van der Waals surface area contributed by atoms with Crippen molar-refractivity contribution >= 4 is 5.91 Å². The fraction of sp³-hybridized carbons (Fsp3) is 0.538. The van der Waals surface area contributed by atoms with Crippen LogP contribution in [0.2, 0.25) is 0 Å². The van der Waals surface area contributed by atoms with Gasteiger partial charge >= 0.3 is 0 Å². The Labute approximate surface area is 102 Å². The molecule has 17 heavy (non-hydrogen) atoms. The zero-order chi connectivity index (χ0) is 11.9. The van der Waals surface area contributed by atoms with E-state index >= 15 is 0 Å². The first-order valence-corrected chi connectivity index (χ1v) is 6.21. The summed E-state index contributed by atoms with van der Waals surface area (Å²) in [5.74, 6) is 0.691. The summed E-state index contributed by atoms with van der Waals surface area (Å²) in [6.07, 6.45) is 6.22. The maximum absolute atomic E-state index is 11.6. The molecule has 0 saturated carbocycles. The molecule has 2 rings (SSSR count). The van der Waals surface area contributed by atoms with Crippen molar-refractivity contribution in [1.29, 1.82) is 0 Å². The number of carbonyl (C=O) groups is 1. The Balaban J connectivity index is 1.63. The lowest BCUT2D eigenvalue weighted by Crippen LogP contribution is -2.28. The molecule has 0 spiro atoms. The van der Waals surface area contributed by atoms with E-state index in [4.69, 9.17) is 0 Å². The van der Waals surface area contributed by atoms with Crippen LogP contribution in [0.4, 0.5) is 0 Å². The highest BCUT2D eigenvalue weighted by atomic mass is 16.1. The van der Waals surface area contributed by atoms with E-state index in [9.17, 15) is 4.79 Å². The minimum Gasteiger partial charge on any atom is -0.356 e. The zero-order valence-electron chi connectivity index (χ0n) is 9.98. The van der Waals surface area contributed by atoms with Gasteiger partial charge < -0.3 is 10.6 Å². The Morgan fingerprint density at radius 1 is 1.59 bits per heavy atom. The van der Waals surface area contributed by atoms with Crippen LogP contribution in [0.5, 0.6) is 0 Å². The normalized spacial score (nSPS) is 19.2. The minimum absolute atomic E-state index is 0.169. The van der Waals surface area contributed by atoms with Crippen molar-refractivity contribution in [2.24, 2.45) is 5.92 Å². The zero-order valence-corrected chi connectivity index (χ0v) is 9.98. The van der Waals surface area contributed by atoms with Gasteiger partial charge in [-0.3, -0.25) is 9.78 Å². The summed E-state index contributed by atoms with van der Waals surface area (Å²) in [6, 6.07) is 3.95. The quantitative estimate of drug-likeness (QED) is 0.788. The van der Waals surface area contributed by atoms with Crippen LogP contribution in [0.25, 0.3) is 0 Å². The molecule has 1 aromatic rings. The average Bonchev–Trinajstić information content (AvgIpc) is 2.83. The van der Waals surface area contributed by atoms with Gasteiger partial charge in [-0.05, 0) is 43.5 Å². The number of rotatable bonds is 5. The number of nitrogens with zero attached hydrogens (tertiary/aromatic N) is 1. The van der Waals surface area contributed by atoms with Crippen LogP contribution in [0.15, 0.2) is 24.5 Å². The van der Waals surface area contributed by atoms with Crippen molar-refractivity contribution in [3.05, 3.63) is 30.1 Å². The highest BCUT2D eigenvalue weighted by Crippen LogP contribution is 2.11. The monoisotopic (exact) mass is 233 g/mol. The lowest BCUT2D eigenvalue weighted by atomic mass is 10.0. The Morgan fingerprint density at radius 2 is 2.53 bits per heavy atom. The number of pyridine rings is 1. The number of aromatic nitrogens is 1. The minimum atomic E-state index is 0.169. The molecule has 0 radical (unpaired) electrons. The first-order valence-electron chi connectivity index (χ1n) is 6.21. The Kier molecular flexibility index (Phi) is 4.50. The van der Waals surface area contributed by atoms with Gasteiger partial charge in [0.25, 0.3) is 0 Å². The van der Waals surface area contributed by atoms with Gasteiger partial charge in [0.2, 0.25) is 5.91 Å². The Morgan fingerprint density at radius 3 is 3.24 bits per heavy atom. The molecule has 1 saturated heterocycles. The second-order valence-electron chi connectivity index (χ2n) is 4.52. The van der Waals surface area contributed by atoms with Crippen LogP contribution in [-0.4, -0.2) is 30.5 Å². The lowest BCUT2D eigenvalue weighted by molar-refractivity contribution is -0.121. The van der Waals surface area contributed by atoms with Crippen LogP contribution >= 0.6 is 0 Å². The summed E-state index contributed by atoms with van der Waals surface area (Å²) in [6.45, 7) is 2.73. The molecule has 4 heteroatoms. The van der Waals surface area contributed by atoms with E-state index in [0.717, 1.165) is 31.5 Å². The maximum atomic E-state index is 11.6. The van der Waals surface area contributed by atoms with E-state index in [-0.39, 0.29) is 5.91 Å². The standard InChI is InChI=1S/C13H19N3O/c17-13(8-12-3-6-15-10-12)16-7-4-11-2-1-5-14-9-11/h1-2,5,9,12,15H,3-4,6-8,10H2,(H,16,17). The molecule has 2 N–H and O–H groups in total. The number of hydrogen-bond acceptors (Lipinski definition) is 3. The number of carbonyl (C=O) groups excluding carboxylic acids is 1. The Hall–Kier alpha value is -1.42. The first kappa shape index (κ1) is 12.0. The molecule has 1 atom stereocenters. The van der Waals surface area contributed by atoms with E-state index in [0.29, 0.717) is 18.9 Å². The van der Waals surface area contributed by atoms with Crippen LogP contribution in [-0.2, 0) is 11.2 Å². The fourth-order valence-electron chi connectivity index (χ4n) is 2.12. The molecule has 0 aliphatic carbocycles. The SMILES string of the molecule is O=C(CC1CCNC1)NCCc1cccnc1. The molecule has 92 valence electrons. The lowest BCUT2D eigenvalue weighted by Gasteiger charge is -2.08. The fourth-order valence-corrected chi connectivity index (χ4v) is 2.12. The summed E-state index contributed by atoms with van der Waals surface area (Å²) in [5.41, 5.74) is 1.16. The van der Waals surface area contributed by atoms with Gasteiger partial charge in [-0.25, -0.2) is 0 Å². The van der Waals surface area contributed by atoms with Crippen LogP contribution < -0.4 is 10.6 Å². The van der Waals surface area contributed by atoms with Gasteiger partial charge in [0.05, 0.1) is 0 Å². The number of nitrogens with one attached hydrogen (secondary N) is 2. The molecule has 1 aromatic heterocycles. The third-order valence-electron chi connectivity index (χ3n) is 3.10. The summed E-state index contributed by atoms with van der Waals surface area (Å²) in [5, 5.41) is 6.23. The van der Waals surface area contributed by atoms with Crippen LogP contribution in [0, 0.1) is 5.92 Å². The van der Waals surface area contributed by atoms with E-state index in [1.54, 1.807) is 6.20 Å². The number of amides is 1. The van der Waals surface area contributed by atoms with Crippen LogP contribution in [0.3, 0.4) is 0 Å². The molecule has 1 amide bonds. The molecule has 1 aliphatic rings.